The van der Waals surface area contributed by atoms with Crippen molar-refractivity contribution in [2.75, 3.05) is 19.1 Å². The fourth-order valence-corrected chi connectivity index (χ4v) is 5.00. The molecule has 2 saturated heterocycles. The monoisotopic (exact) mass is 476 g/mol. The molecule has 0 spiro atoms. The number of amides is 2. The summed E-state index contributed by atoms with van der Waals surface area (Å²) in [5, 5.41) is 17.0. The Balaban J connectivity index is 1.57. The number of nitrogens with zero attached hydrogens (tertiary/aromatic N) is 4. The maximum Gasteiger partial charge on any atom is 0.271 e. The van der Waals surface area contributed by atoms with Gasteiger partial charge in [-0.2, -0.15) is 5.10 Å². The van der Waals surface area contributed by atoms with Crippen LogP contribution in [0.3, 0.4) is 0 Å². The quantitative estimate of drug-likeness (QED) is 0.268. The Morgan fingerprint density at radius 2 is 1.77 bits per heavy atom. The summed E-state index contributed by atoms with van der Waals surface area (Å²) >= 11 is 0. The molecular formula is C24H20N4O7. The van der Waals surface area contributed by atoms with Gasteiger partial charge in [0.25, 0.3) is 5.69 Å². The fraction of sp³-hybridized carbons (Fsp3) is 0.250. The molecule has 2 aromatic carbocycles. The predicted molar refractivity (Wildman–Crippen MR) is 123 cm³/mol. The third kappa shape index (κ3) is 3.35. The van der Waals surface area contributed by atoms with Gasteiger partial charge in [0.2, 0.25) is 11.8 Å². The van der Waals surface area contributed by atoms with Gasteiger partial charge in [-0.1, -0.05) is 12.1 Å². The van der Waals surface area contributed by atoms with E-state index in [-0.39, 0.29) is 16.9 Å². The third-order valence-corrected chi connectivity index (χ3v) is 6.53. The molecule has 2 aromatic rings. The van der Waals surface area contributed by atoms with Crippen molar-refractivity contribution in [3.63, 3.8) is 0 Å². The summed E-state index contributed by atoms with van der Waals surface area (Å²) in [5.74, 6) is -2.64. The zero-order valence-corrected chi connectivity index (χ0v) is 18.7. The average molecular weight is 476 g/mol. The van der Waals surface area contributed by atoms with Crippen molar-refractivity contribution in [1.82, 2.24) is 5.01 Å². The number of allylic oxidation sites excluding steroid dienone is 1. The number of rotatable bonds is 6. The second-order valence-corrected chi connectivity index (χ2v) is 8.24. The lowest BCUT2D eigenvalue weighted by atomic mass is 9.86. The minimum absolute atomic E-state index is 0.0933. The number of hydrogen-bond acceptors (Lipinski definition) is 9. The number of hydrazone groups is 1. The average Bonchev–Trinajstić information content (AvgIpc) is 3.35. The standard InChI is InChI=1S/C24H20N4O7/c1-34-17-9-8-13(11-18(17)35-2)22(29)21-20-19(16-7-4-10-25-27(16)21)23(30)26(24(20)31)14-5-3-6-15(12-14)28(32)33/h3-12,16,19-21H,1-2H3/t16-,19+,20+,21-/m0/s1. The van der Waals surface area contributed by atoms with Crippen LogP contribution in [0.5, 0.6) is 11.5 Å². The predicted octanol–water partition coefficient (Wildman–Crippen LogP) is 2.21. The molecule has 0 radical (unpaired) electrons. The second-order valence-electron chi connectivity index (χ2n) is 8.24. The van der Waals surface area contributed by atoms with E-state index >= 15 is 0 Å². The Morgan fingerprint density at radius 3 is 2.49 bits per heavy atom. The number of imide groups is 1. The Hall–Kier alpha value is -4.54. The molecule has 11 nitrogen and oxygen atoms in total. The zero-order valence-electron chi connectivity index (χ0n) is 18.7. The molecular weight excluding hydrogens is 456 g/mol. The van der Waals surface area contributed by atoms with Gasteiger partial charge in [-0.15, -0.1) is 0 Å². The molecule has 0 N–H and O–H groups in total. The van der Waals surface area contributed by atoms with Crippen LogP contribution in [-0.2, 0) is 9.59 Å². The van der Waals surface area contributed by atoms with E-state index in [1.807, 2.05) is 0 Å². The number of carbonyl (C=O) groups excluding carboxylic acids is 3. The topological polar surface area (TPSA) is 132 Å². The van der Waals surface area contributed by atoms with Crippen LogP contribution in [0.25, 0.3) is 0 Å². The van der Waals surface area contributed by atoms with Gasteiger partial charge in [0.15, 0.2) is 17.3 Å². The molecule has 35 heavy (non-hydrogen) atoms. The lowest BCUT2D eigenvalue weighted by molar-refractivity contribution is -0.384. The molecule has 178 valence electrons. The number of anilines is 1. The molecule has 0 aromatic heterocycles. The number of hydrogen-bond donors (Lipinski definition) is 0. The first-order valence-corrected chi connectivity index (χ1v) is 10.7. The van der Waals surface area contributed by atoms with Crippen LogP contribution < -0.4 is 14.4 Å². The Morgan fingerprint density at radius 1 is 1.03 bits per heavy atom. The number of nitro groups is 1. The molecule has 2 amide bonds. The fourth-order valence-electron chi connectivity index (χ4n) is 5.00. The van der Waals surface area contributed by atoms with Gasteiger partial charge in [0, 0.05) is 23.9 Å². The highest BCUT2D eigenvalue weighted by molar-refractivity contribution is 6.24. The molecule has 2 fully saturated rings. The number of ether oxygens (including phenoxy) is 2. The van der Waals surface area contributed by atoms with Gasteiger partial charge in [0.05, 0.1) is 42.7 Å². The molecule has 3 aliphatic heterocycles. The van der Waals surface area contributed by atoms with E-state index in [0.29, 0.717) is 11.5 Å². The highest BCUT2D eigenvalue weighted by Crippen LogP contribution is 2.46. The van der Waals surface area contributed by atoms with E-state index in [0.717, 1.165) is 4.90 Å². The number of benzene rings is 2. The van der Waals surface area contributed by atoms with E-state index < -0.39 is 46.4 Å². The SMILES string of the molecule is COc1ccc(C(=O)[C@@H]2[C@@H]3C(=O)N(c4cccc([N+](=O)[O-])c4)C(=O)[C@@H]3[C@@H]3C=CC=NN23)cc1OC. The molecule has 0 bridgehead atoms. The number of methoxy groups -OCH3 is 2. The minimum Gasteiger partial charge on any atom is -0.493 e. The summed E-state index contributed by atoms with van der Waals surface area (Å²) in [6, 6.07) is 8.33. The number of carbonyl (C=O) groups is 3. The van der Waals surface area contributed by atoms with Crippen LogP contribution in [0, 0.1) is 22.0 Å². The number of Topliss-reactive ketones (excluding diaryl/α,β-unsaturated/α-hetero) is 1. The summed E-state index contributed by atoms with van der Waals surface area (Å²) < 4.78 is 10.6. The van der Waals surface area contributed by atoms with Gasteiger partial charge >= 0.3 is 0 Å². The van der Waals surface area contributed by atoms with Crippen LogP contribution in [0.2, 0.25) is 0 Å². The number of ketones is 1. The van der Waals surface area contributed by atoms with Crippen LogP contribution >= 0.6 is 0 Å². The number of non-ortho nitro benzene ring substituents is 1. The van der Waals surface area contributed by atoms with Crippen molar-refractivity contribution in [3.05, 3.63) is 70.3 Å². The van der Waals surface area contributed by atoms with Crippen LogP contribution in [-0.4, -0.2) is 60.0 Å². The van der Waals surface area contributed by atoms with Gasteiger partial charge < -0.3 is 9.47 Å². The molecule has 3 aliphatic rings. The zero-order chi connectivity index (χ0) is 24.9. The Kier molecular flexibility index (Phi) is 5.31. The summed E-state index contributed by atoms with van der Waals surface area (Å²) in [4.78, 5) is 52.4. The van der Waals surface area contributed by atoms with E-state index in [1.54, 1.807) is 24.3 Å². The first-order chi connectivity index (χ1) is 16.9. The summed E-state index contributed by atoms with van der Waals surface area (Å²) in [6.45, 7) is 0. The van der Waals surface area contributed by atoms with Crippen LogP contribution in [0.1, 0.15) is 10.4 Å². The van der Waals surface area contributed by atoms with Gasteiger partial charge in [0.1, 0.15) is 6.04 Å². The smallest absolute Gasteiger partial charge is 0.271 e. The van der Waals surface area contributed by atoms with Crippen molar-refractivity contribution >= 4 is 35.2 Å². The molecule has 0 saturated carbocycles. The van der Waals surface area contributed by atoms with Crippen molar-refractivity contribution in [2.24, 2.45) is 16.9 Å². The Bertz CT molecular complexity index is 1320. The summed E-state index contributed by atoms with van der Waals surface area (Å²) in [7, 11) is 2.93. The van der Waals surface area contributed by atoms with E-state index in [4.69, 9.17) is 9.47 Å². The maximum absolute atomic E-state index is 13.7. The highest BCUT2D eigenvalue weighted by atomic mass is 16.6. The van der Waals surface area contributed by atoms with Gasteiger partial charge in [-0.25, -0.2) is 4.90 Å². The summed E-state index contributed by atoms with van der Waals surface area (Å²) in [6.07, 6.45) is 4.89. The Labute approximate surface area is 199 Å². The first-order valence-electron chi connectivity index (χ1n) is 10.7. The first kappa shape index (κ1) is 22.3. The number of nitro benzene ring substituents is 1. The lowest BCUT2D eigenvalue weighted by Crippen LogP contribution is -2.46. The third-order valence-electron chi connectivity index (χ3n) is 6.53. The molecule has 4 atom stereocenters. The summed E-state index contributed by atoms with van der Waals surface area (Å²) in [5.41, 5.74) is 0.114. The van der Waals surface area contributed by atoms with Crippen molar-refractivity contribution in [2.45, 2.75) is 12.1 Å². The minimum atomic E-state index is -1.05. The van der Waals surface area contributed by atoms with Crippen molar-refractivity contribution in [1.29, 1.82) is 0 Å². The molecule has 3 heterocycles. The maximum atomic E-state index is 13.7. The van der Waals surface area contributed by atoms with E-state index in [2.05, 4.69) is 5.10 Å². The van der Waals surface area contributed by atoms with Gasteiger partial charge in [-0.3, -0.25) is 29.5 Å². The molecule has 5 rings (SSSR count). The molecule has 0 unspecified atom stereocenters. The molecule has 0 aliphatic carbocycles. The number of fused-ring (bicyclic) bond motifs is 3. The van der Waals surface area contributed by atoms with Crippen LogP contribution in [0.15, 0.2) is 59.7 Å². The highest BCUT2D eigenvalue weighted by Gasteiger charge is 2.64. The van der Waals surface area contributed by atoms with Gasteiger partial charge in [-0.05, 0) is 30.3 Å². The van der Waals surface area contributed by atoms with E-state index in [1.165, 1.54) is 55.8 Å². The van der Waals surface area contributed by atoms with Crippen LogP contribution in [0.4, 0.5) is 11.4 Å². The van der Waals surface area contributed by atoms with Crippen molar-refractivity contribution in [3.8, 4) is 11.5 Å². The lowest BCUT2D eigenvalue weighted by Gasteiger charge is -2.30. The van der Waals surface area contributed by atoms with Crippen molar-refractivity contribution < 1.29 is 28.8 Å². The normalized spacial score (nSPS) is 24.4. The van der Waals surface area contributed by atoms with E-state index in [9.17, 15) is 24.5 Å². The molecule has 11 heteroatoms. The largest absolute Gasteiger partial charge is 0.493 e. The second kappa shape index (κ2) is 8.35.